The quantitative estimate of drug-likeness (QED) is 0.726. The van der Waals surface area contributed by atoms with Crippen LogP contribution < -0.4 is 10.5 Å². The van der Waals surface area contributed by atoms with Crippen LogP contribution in [0.3, 0.4) is 0 Å². The molecule has 20 heavy (non-hydrogen) atoms. The van der Waals surface area contributed by atoms with E-state index in [9.17, 15) is 8.42 Å². The van der Waals surface area contributed by atoms with E-state index in [0.717, 1.165) is 0 Å². The lowest BCUT2D eigenvalue weighted by atomic mass is 10.3. The zero-order valence-corrected chi connectivity index (χ0v) is 12.4. The molecule has 0 spiro atoms. The van der Waals surface area contributed by atoms with Crippen molar-refractivity contribution in [3.63, 3.8) is 0 Å². The molecule has 0 bridgehead atoms. The molecule has 0 aromatic carbocycles. The van der Waals surface area contributed by atoms with Crippen molar-refractivity contribution in [2.24, 2.45) is 5.73 Å². The molecule has 0 aliphatic rings. The zero-order valence-electron chi connectivity index (χ0n) is 11.6. The fraction of sp³-hybridized carbons (Fsp3) is 0.462. The number of rotatable bonds is 6. The average Bonchev–Trinajstić information content (AvgIpc) is 2.42. The Hall–Kier alpha value is -1.46. The summed E-state index contributed by atoms with van der Waals surface area (Å²) in [4.78, 5) is 3.97. The average molecular weight is 297 g/mol. The van der Waals surface area contributed by atoms with Crippen LogP contribution in [0.4, 0.5) is 0 Å². The highest BCUT2D eigenvalue weighted by Gasteiger charge is 2.17. The molecule has 0 fully saturated rings. The van der Waals surface area contributed by atoms with Gasteiger partial charge in [0.2, 0.25) is 10.0 Å². The van der Waals surface area contributed by atoms with Gasteiger partial charge in [-0.1, -0.05) is 11.8 Å². The number of nitrogens with two attached hydrogens (primary N) is 1. The Bertz CT molecular complexity index is 590. The smallest absolute Gasteiger partial charge is 0.242 e. The summed E-state index contributed by atoms with van der Waals surface area (Å²) in [6, 6.07) is 1.25. The molecule has 1 aromatic rings. The molecule has 0 aliphatic heterocycles. The predicted octanol–water partition coefficient (Wildman–Crippen LogP) is 0.0951. The molecule has 0 aliphatic carbocycles. The van der Waals surface area contributed by atoms with Crippen molar-refractivity contribution in [3.8, 4) is 11.8 Å². The first-order valence-electron chi connectivity index (χ1n) is 6.15. The van der Waals surface area contributed by atoms with Crippen molar-refractivity contribution in [3.05, 3.63) is 24.0 Å². The summed E-state index contributed by atoms with van der Waals surface area (Å²) < 4.78 is 31.8. The van der Waals surface area contributed by atoms with E-state index in [2.05, 4.69) is 21.5 Å². The van der Waals surface area contributed by atoms with Gasteiger partial charge in [-0.05, 0) is 19.4 Å². The van der Waals surface area contributed by atoms with Crippen molar-refractivity contribution in [1.82, 2.24) is 9.71 Å². The molecule has 0 saturated heterocycles. The van der Waals surface area contributed by atoms with Gasteiger partial charge >= 0.3 is 0 Å². The third-order valence-electron chi connectivity index (χ3n) is 2.47. The Morgan fingerprint density at radius 2 is 2.25 bits per heavy atom. The van der Waals surface area contributed by atoms with Gasteiger partial charge in [0.25, 0.3) is 0 Å². The first-order valence-corrected chi connectivity index (χ1v) is 7.63. The van der Waals surface area contributed by atoms with Crippen LogP contribution in [-0.2, 0) is 14.8 Å². The Labute approximate surface area is 119 Å². The highest BCUT2D eigenvalue weighted by molar-refractivity contribution is 7.89. The molecule has 1 atom stereocenters. The Morgan fingerprint density at radius 1 is 1.50 bits per heavy atom. The van der Waals surface area contributed by atoms with E-state index in [1.165, 1.54) is 18.5 Å². The third kappa shape index (κ3) is 5.27. The monoisotopic (exact) mass is 297 g/mol. The van der Waals surface area contributed by atoms with E-state index in [1.807, 2.05) is 0 Å². The van der Waals surface area contributed by atoms with Gasteiger partial charge in [-0.15, -0.1) is 0 Å². The van der Waals surface area contributed by atoms with E-state index in [-0.39, 0.29) is 17.5 Å². The summed E-state index contributed by atoms with van der Waals surface area (Å²) >= 11 is 0. The summed E-state index contributed by atoms with van der Waals surface area (Å²) in [5.74, 6) is 5.41. The molecule has 0 radical (unpaired) electrons. The summed E-state index contributed by atoms with van der Waals surface area (Å²) in [7, 11) is -2.03. The lowest BCUT2D eigenvalue weighted by Crippen LogP contribution is -2.33. The minimum absolute atomic E-state index is 0.0885. The summed E-state index contributed by atoms with van der Waals surface area (Å²) in [6.07, 6.45) is 3.38. The van der Waals surface area contributed by atoms with Gasteiger partial charge in [-0.25, -0.2) is 13.1 Å². The Balaban J connectivity index is 2.87. The minimum Gasteiger partial charge on any atom is -0.385 e. The molecule has 3 N–H and O–H groups in total. The van der Waals surface area contributed by atoms with Crippen LogP contribution in [0.1, 0.15) is 18.9 Å². The van der Waals surface area contributed by atoms with Gasteiger partial charge < -0.3 is 10.5 Å². The predicted molar refractivity (Wildman–Crippen MR) is 76.4 cm³/mol. The maximum absolute atomic E-state index is 12.2. The topological polar surface area (TPSA) is 94.3 Å². The second-order valence-corrected chi connectivity index (χ2v) is 5.93. The van der Waals surface area contributed by atoms with Crippen LogP contribution in [-0.4, -0.2) is 39.7 Å². The number of aromatic nitrogens is 1. The van der Waals surface area contributed by atoms with E-state index < -0.39 is 10.0 Å². The molecule has 1 aromatic heterocycles. The standard InChI is InChI=1S/C13H19N3O3S/c1-11(5-7-19-2)16-20(17,18)13-8-12(4-3-6-14)9-15-10-13/h8-11,16H,5-7,14H2,1-2H3. The molecule has 6 nitrogen and oxygen atoms in total. The number of sulfonamides is 1. The van der Waals surface area contributed by atoms with Crippen LogP contribution in [0.15, 0.2) is 23.4 Å². The molecular formula is C13H19N3O3S. The first-order chi connectivity index (χ1) is 9.49. The van der Waals surface area contributed by atoms with E-state index in [0.29, 0.717) is 18.6 Å². The van der Waals surface area contributed by atoms with Crippen LogP contribution >= 0.6 is 0 Å². The molecular weight excluding hydrogens is 278 g/mol. The van der Waals surface area contributed by atoms with Gasteiger partial charge in [0.05, 0.1) is 6.54 Å². The number of hydrogen-bond donors (Lipinski definition) is 2. The normalized spacial score (nSPS) is 12.6. The van der Waals surface area contributed by atoms with Gasteiger partial charge in [-0.2, -0.15) is 0 Å². The van der Waals surface area contributed by atoms with Crippen molar-refractivity contribution in [1.29, 1.82) is 0 Å². The van der Waals surface area contributed by atoms with Gasteiger partial charge in [0, 0.05) is 37.7 Å². The van der Waals surface area contributed by atoms with Gasteiger partial charge in [-0.3, -0.25) is 4.98 Å². The number of nitrogens with zero attached hydrogens (tertiary/aromatic N) is 1. The van der Waals surface area contributed by atoms with Crippen molar-refractivity contribution < 1.29 is 13.2 Å². The van der Waals surface area contributed by atoms with E-state index in [4.69, 9.17) is 10.5 Å². The fourth-order valence-electron chi connectivity index (χ4n) is 1.47. The van der Waals surface area contributed by atoms with Gasteiger partial charge in [0.1, 0.15) is 4.90 Å². The van der Waals surface area contributed by atoms with Crippen LogP contribution in [0.2, 0.25) is 0 Å². The number of nitrogens with one attached hydrogen (secondary N) is 1. The Morgan fingerprint density at radius 3 is 2.90 bits per heavy atom. The zero-order chi connectivity index (χ0) is 15.0. The lowest BCUT2D eigenvalue weighted by Gasteiger charge is -2.13. The largest absolute Gasteiger partial charge is 0.385 e. The first kappa shape index (κ1) is 16.6. The lowest BCUT2D eigenvalue weighted by molar-refractivity contribution is 0.188. The van der Waals surface area contributed by atoms with Gasteiger partial charge in [0.15, 0.2) is 0 Å². The third-order valence-corrected chi connectivity index (χ3v) is 4.03. The molecule has 0 amide bonds. The van der Waals surface area contributed by atoms with Crippen molar-refractivity contribution in [2.45, 2.75) is 24.3 Å². The molecule has 110 valence electrons. The minimum atomic E-state index is -3.60. The summed E-state index contributed by atoms with van der Waals surface area (Å²) in [5.41, 5.74) is 5.79. The molecule has 7 heteroatoms. The maximum Gasteiger partial charge on any atom is 0.242 e. The second-order valence-electron chi connectivity index (χ2n) is 4.22. The van der Waals surface area contributed by atoms with Crippen LogP contribution in [0, 0.1) is 11.8 Å². The second kappa shape index (κ2) is 7.97. The highest BCUT2D eigenvalue weighted by atomic mass is 32.2. The summed E-state index contributed by atoms with van der Waals surface area (Å²) in [5, 5.41) is 0. The molecule has 1 heterocycles. The van der Waals surface area contributed by atoms with Crippen molar-refractivity contribution in [2.75, 3.05) is 20.3 Å². The maximum atomic E-state index is 12.2. The SMILES string of the molecule is COCCC(C)NS(=O)(=O)c1cncc(C#CCN)c1. The molecule has 1 rings (SSSR count). The fourth-order valence-corrected chi connectivity index (χ4v) is 2.74. The number of methoxy groups -OCH3 is 1. The summed E-state index contributed by atoms with van der Waals surface area (Å²) in [6.45, 7) is 2.48. The number of pyridine rings is 1. The van der Waals surface area contributed by atoms with E-state index in [1.54, 1.807) is 14.0 Å². The Kier molecular flexibility index (Phi) is 6.61. The highest BCUT2D eigenvalue weighted by Crippen LogP contribution is 2.10. The number of ether oxygens (including phenoxy) is 1. The number of hydrogen-bond acceptors (Lipinski definition) is 5. The van der Waals surface area contributed by atoms with Crippen LogP contribution in [0.5, 0.6) is 0 Å². The van der Waals surface area contributed by atoms with E-state index >= 15 is 0 Å². The molecule has 0 saturated carbocycles. The van der Waals surface area contributed by atoms with Crippen LogP contribution in [0.25, 0.3) is 0 Å². The van der Waals surface area contributed by atoms with Crippen molar-refractivity contribution >= 4 is 10.0 Å². The molecule has 1 unspecified atom stereocenters.